The first kappa shape index (κ1) is 11.0. The molecule has 0 amide bonds. The summed E-state index contributed by atoms with van der Waals surface area (Å²) < 4.78 is 0. The number of hydrogen-bond acceptors (Lipinski definition) is 1. The fourth-order valence-electron chi connectivity index (χ4n) is 2.40. The van der Waals surface area contributed by atoms with Crippen molar-refractivity contribution in [1.29, 1.82) is 0 Å². The fourth-order valence-corrected chi connectivity index (χ4v) is 2.40. The van der Waals surface area contributed by atoms with E-state index in [-0.39, 0.29) is 0 Å². The molecule has 1 nitrogen and oxygen atoms in total. The van der Waals surface area contributed by atoms with Gasteiger partial charge in [0.15, 0.2) is 0 Å². The smallest absolute Gasteiger partial charge is 0.00976 e. The Bertz CT molecular complexity index is 140. The highest BCUT2D eigenvalue weighted by molar-refractivity contribution is 4.92. The molecule has 13 heavy (non-hydrogen) atoms. The Morgan fingerprint density at radius 2 is 1.85 bits per heavy atom. The number of rotatable bonds is 6. The molecule has 0 radical (unpaired) electrons. The van der Waals surface area contributed by atoms with Crippen LogP contribution in [-0.4, -0.2) is 13.1 Å². The largest absolute Gasteiger partial charge is 0.317 e. The standard InChI is InChI=1S/C12H25N/c1-5-10(6-2)8-12(13-4)11-7-9(11)3/h9-13H,5-8H2,1-4H3. The summed E-state index contributed by atoms with van der Waals surface area (Å²) in [5.74, 6) is 2.89. The molecule has 3 atom stereocenters. The molecule has 1 aliphatic rings. The molecule has 1 N–H and O–H groups in total. The summed E-state index contributed by atoms with van der Waals surface area (Å²) in [7, 11) is 2.12. The number of nitrogens with one attached hydrogen (secondary N) is 1. The van der Waals surface area contributed by atoms with Gasteiger partial charge >= 0.3 is 0 Å². The Labute approximate surface area is 83.3 Å². The van der Waals surface area contributed by atoms with Crippen LogP contribution in [-0.2, 0) is 0 Å². The van der Waals surface area contributed by atoms with Gasteiger partial charge in [0, 0.05) is 6.04 Å². The maximum absolute atomic E-state index is 3.49. The lowest BCUT2D eigenvalue weighted by Crippen LogP contribution is -2.30. The van der Waals surface area contributed by atoms with E-state index in [0.717, 1.165) is 23.8 Å². The van der Waals surface area contributed by atoms with Gasteiger partial charge in [-0.3, -0.25) is 0 Å². The van der Waals surface area contributed by atoms with Gasteiger partial charge in [0.25, 0.3) is 0 Å². The van der Waals surface area contributed by atoms with Crippen LogP contribution in [0.5, 0.6) is 0 Å². The molecule has 1 fully saturated rings. The minimum Gasteiger partial charge on any atom is -0.317 e. The van der Waals surface area contributed by atoms with Crippen LogP contribution in [0.4, 0.5) is 0 Å². The molecule has 0 aliphatic heterocycles. The Morgan fingerprint density at radius 1 is 1.31 bits per heavy atom. The minimum absolute atomic E-state index is 0.792. The van der Waals surface area contributed by atoms with Crippen LogP contribution in [0.2, 0.25) is 0 Å². The lowest BCUT2D eigenvalue weighted by Gasteiger charge is -2.21. The summed E-state index contributed by atoms with van der Waals surface area (Å²) in [6.45, 7) is 7.01. The molecule has 1 rings (SSSR count). The SMILES string of the molecule is CCC(CC)CC(NC)C1CC1C. The Kier molecular flexibility index (Phi) is 4.24. The second-order valence-corrected chi connectivity index (χ2v) is 4.69. The van der Waals surface area contributed by atoms with Crippen molar-refractivity contribution in [1.82, 2.24) is 5.32 Å². The molecular weight excluding hydrogens is 158 g/mol. The van der Waals surface area contributed by atoms with Crippen molar-refractivity contribution in [3.8, 4) is 0 Å². The van der Waals surface area contributed by atoms with Gasteiger partial charge in [-0.25, -0.2) is 0 Å². The average molecular weight is 183 g/mol. The van der Waals surface area contributed by atoms with E-state index in [4.69, 9.17) is 0 Å². The molecule has 3 unspecified atom stereocenters. The van der Waals surface area contributed by atoms with Crippen molar-refractivity contribution < 1.29 is 0 Å². The van der Waals surface area contributed by atoms with Gasteiger partial charge in [-0.2, -0.15) is 0 Å². The minimum atomic E-state index is 0.792. The van der Waals surface area contributed by atoms with E-state index in [2.05, 4.69) is 33.1 Å². The molecule has 0 heterocycles. The van der Waals surface area contributed by atoms with Gasteiger partial charge in [0.05, 0.1) is 0 Å². The summed E-state index contributed by atoms with van der Waals surface area (Å²) in [6, 6.07) is 0.792. The van der Waals surface area contributed by atoms with Gasteiger partial charge in [-0.05, 0) is 37.6 Å². The maximum atomic E-state index is 3.49. The second-order valence-electron chi connectivity index (χ2n) is 4.69. The summed E-state index contributed by atoms with van der Waals surface area (Å²) in [4.78, 5) is 0. The first-order chi connectivity index (χ1) is 6.22. The molecule has 78 valence electrons. The molecule has 1 aliphatic carbocycles. The van der Waals surface area contributed by atoms with Crippen molar-refractivity contribution in [3.05, 3.63) is 0 Å². The summed E-state index contributed by atoms with van der Waals surface area (Å²) in [5.41, 5.74) is 0. The third-order valence-corrected chi connectivity index (χ3v) is 3.80. The van der Waals surface area contributed by atoms with E-state index in [1.165, 1.54) is 25.7 Å². The molecular formula is C12H25N. The van der Waals surface area contributed by atoms with Crippen LogP contribution in [0.25, 0.3) is 0 Å². The first-order valence-corrected chi connectivity index (χ1v) is 5.90. The second kappa shape index (κ2) is 4.99. The van der Waals surface area contributed by atoms with Crippen molar-refractivity contribution in [3.63, 3.8) is 0 Å². The van der Waals surface area contributed by atoms with Gasteiger partial charge in [-0.15, -0.1) is 0 Å². The number of hydrogen-bond donors (Lipinski definition) is 1. The highest BCUT2D eigenvalue weighted by Crippen LogP contribution is 2.42. The highest BCUT2D eigenvalue weighted by Gasteiger charge is 2.38. The lowest BCUT2D eigenvalue weighted by molar-refractivity contribution is 0.347. The van der Waals surface area contributed by atoms with Crippen molar-refractivity contribution in [2.24, 2.45) is 17.8 Å². The van der Waals surface area contributed by atoms with E-state index in [0.29, 0.717) is 0 Å². The average Bonchev–Trinajstić information content (AvgIpc) is 2.85. The molecule has 0 saturated heterocycles. The third-order valence-electron chi connectivity index (χ3n) is 3.80. The zero-order valence-electron chi connectivity index (χ0n) is 9.64. The highest BCUT2D eigenvalue weighted by atomic mass is 14.9. The topological polar surface area (TPSA) is 12.0 Å². The van der Waals surface area contributed by atoms with E-state index in [1.807, 2.05) is 0 Å². The third kappa shape index (κ3) is 2.98. The Hall–Kier alpha value is -0.0400. The Balaban J connectivity index is 2.30. The summed E-state index contributed by atoms with van der Waals surface area (Å²) in [6.07, 6.45) is 5.52. The molecule has 0 bridgehead atoms. The van der Waals surface area contributed by atoms with Crippen molar-refractivity contribution in [2.75, 3.05) is 7.05 Å². The predicted molar refractivity (Wildman–Crippen MR) is 58.8 cm³/mol. The van der Waals surface area contributed by atoms with Crippen LogP contribution in [0.3, 0.4) is 0 Å². The van der Waals surface area contributed by atoms with Gasteiger partial charge in [0.1, 0.15) is 0 Å². The van der Waals surface area contributed by atoms with Crippen LogP contribution < -0.4 is 5.32 Å². The van der Waals surface area contributed by atoms with Crippen molar-refractivity contribution >= 4 is 0 Å². The Morgan fingerprint density at radius 3 is 2.15 bits per heavy atom. The normalized spacial score (nSPS) is 29.3. The zero-order valence-corrected chi connectivity index (χ0v) is 9.64. The first-order valence-electron chi connectivity index (χ1n) is 5.90. The van der Waals surface area contributed by atoms with Gasteiger partial charge in [0.2, 0.25) is 0 Å². The summed E-state index contributed by atoms with van der Waals surface area (Å²) in [5, 5.41) is 3.49. The molecule has 0 spiro atoms. The van der Waals surface area contributed by atoms with E-state index in [9.17, 15) is 0 Å². The predicted octanol–water partition coefficient (Wildman–Crippen LogP) is 3.06. The molecule has 1 heteroatoms. The quantitative estimate of drug-likeness (QED) is 0.667. The van der Waals surface area contributed by atoms with Crippen LogP contribution in [0.15, 0.2) is 0 Å². The van der Waals surface area contributed by atoms with E-state index in [1.54, 1.807) is 0 Å². The molecule has 1 saturated carbocycles. The monoisotopic (exact) mass is 183 g/mol. The summed E-state index contributed by atoms with van der Waals surface area (Å²) >= 11 is 0. The zero-order chi connectivity index (χ0) is 9.84. The van der Waals surface area contributed by atoms with Crippen molar-refractivity contribution in [2.45, 2.75) is 52.5 Å². The maximum Gasteiger partial charge on any atom is 0.00976 e. The molecule has 0 aromatic heterocycles. The van der Waals surface area contributed by atoms with Gasteiger partial charge < -0.3 is 5.32 Å². The fraction of sp³-hybridized carbons (Fsp3) is 1.00. The lowest BCUT2D eigenvalue weighted by atomic mass is 9.92. The van der Waals surface area contributed by atoms with Crippen LogP contribution in [0.1, 0.15) is 46.5 Å². The molecule has 0 aromatic rings. The van der Waals surface area contributed by atoms with E-state index < -0.39 is 0 Å². The van der Waals surface area contributed by atoms with E-state index >= 15 is 0 Å². The van der Waals surface area contributed by atoms with Gasteiger partial charge in [-0.1, -0.05) is 33.6 Å². The van der Waals surface area contributed by atoms with Crippen LogP contribution in [0, 0.1) is 17.8 Å². The molecule has 0 aromatic carbocycles. The van der Waals surface area contributed by atoms with Crippen LogP contribution >= 0.6 is 0 Å².